The number of benzene rings is 2. The van der Waals surface area contributed by atoms with Gasteiger partial charge in [-0.25, -0.2) is 19.3 Å². The molecule has 2 N–H and O–H groups in total. The summed E-state index contributed by atoms with van der Waals surface area (Å²) in [5.41, 5.74) is 9.43. The van der Waals surface area contributed by atoms with Crippen molar-refractivity contribution < 1.29 is 18.7 Å². The Morgan fingerprint density at radius 1 is 1.03 bits per heavy atom. The summed E-state index contributed by atoms with van der Waals surface area (Å²) >= 11 is 0. The zero-order valence-electron chi connectivity index (χ0n) is 20.3. The van der Waals surface area contributed by atoms with Crippen molar-refractivity contribution in [3.63, 3.8) is 0 Å². The Hall–Kier alpha value is -4.79. The molecule has 0 aliphatic carbocycles. The maximum Gasteiger partial charge on any atom is 0.270 e. The Kier molecular flexibility index (Phi) is 6.51. The van der Waals surface area contributed by atoms with Gasteiger partial charge in [0.05, 0.1) is 30.4 Å². The second kappa shape index (κ2) is 10.1. The first-order chi connectivity index (χ1) is 17.9. The molecule has 8 nitrogen and oxygen atoms in total. The van der Waals surface area contributed by atoms with Crippen LogP contribution < -0.4 is 15.2 Å². The number of carbonyl (C=O) groups is 1. The number of carbonyl (C=O) groups excluding carboxylic acids is 1. The summed E-state index contributed by atoms with van der Waals surface area (Å²) in [5.74, 6) is -0.421. The first-order valence-corrected chi connectivity index (χ1v) is 11.6. The minimum atomic E-state index is -0.939. The number of aromatic nitrogens is 4. The van der Waals surface area contributed by atoms with Crippen molar-refractivity contribution in [2.45, 2.75) is 19.6 Å². The van der Waals surface area contributed by atoms with E-state index in [1.54, 1.807) is 13.3 Å². The number of fused-ring (bicyclic) bond motifs is 1. The lowest BCUT2D eigenvalue weighted by molar-refractivity contribution is 0.0991. The lowest BCUT2D eigenvalue weighted by Crippen LogP contribution is -2.16. The predicted octanol–water partition coefficient (Wildman–Crippen LogP) is 4.93. The highest BCUT2D eigenvalue weighted by atomic mass is 19.1. The molecule has 0 bridgehead atoms. The number of nitrogens with two attached hydrogens (primary N) is 1. The Morgan fingerprint density at radius 2 is 1.81 bits per heavy atom. The van der Waals surface area contributed by atoms with Gasteiger partial charge in [-0.2, -0.15) is 0 Å². The van der Waals surface area contributed by atoms with Crippen LogP contribution in [0.2, 0.25) is 0 Å². The number of hydrogen-bond donors (Lipinski definition) is 1. The molecule has 9 heteroatoms. The summed E-state index contributed by atoms with van der Waals surface area (Å²) in [4.78, 5) is 24.2. The third kappa shape index (κ3) is 4.84. The van der Waals surface area contributed by atoms with Crippen molar-refractivity contribution in [2.24, 2.45) is 5.73 Å². The lowest BCUT2D eigenvalue weighted by atomic mass is 10.1. The fraction of sp³-hybridized carbons (Fsp3) is 0.143. The molecule has 0 aliphatic heterocycles. The van der Waals surface area contributed by atoms with E-state index >= 15 is 0 Å². The van der Waals surface area contributed by atoms with Gasteiger partial charge in [-0.1, -0.05) is 36.4 Å². The Morgan fingerprint density at radius 3 is 2.49 bits per heavy atom. The van der Waals surface area contributed by atoms with Gasteiger partial charge >= 0.3 is 0 Å². The molecule has 186 valence electrons. The minimum absolute atomic E-state index is 0.0579. The minimum Gasteiger partial charge on any atom is -0.484 e. The van der Waals surface area contributed by atoms with Crippen molar-refractivity contribution in [2.75, 3.05) is 7.11 Å². The normalized spacial score (nSPS) is 11.9. The first kappa shape index (κ1) is 23.9. The number of nitrogens with zero attached hydrogens (tertiary/aromatic N) is 4. The molecule has 0 saturated heterocycles. The Bertz CT molecular complexity index is 1570. The lowest BCUT2D eigenvalue weighted by Gasteiger charge is -2.19. The molecular formula is C28H24FN5O3. The quantitative estimate of drug-likeness (QED) is 0.326. The number of pyridine rings is 2. The Balaban J connectivity index is 1.55. The van der Waals surface area contributed by atoms with E-state index in [1.165, 1.54) is 6.20 Å². The van der Waals surface area contributed by atoms with Gasteiger partial charge in [-0.15, -0.1) is 0 Å². The average Bonchev–Trinajstić information content (AvgIpc) is 3.29. The first-order valence-electron chi connectivity index (χ1n) is 11.6. The van der Waals surface area contributed by atoms with E-state index in [4.69, 9.17) is 20.2 Å². The van der Waals surface area contributed by atoms with Crippen LogP contribution in [-0.2, 0) is 6.61 Å². The summed E-state index contributed by atoms with van der Waals surface area (Å²) in [5, 5.41) is 0. The van der Waals surface area contributed by atoms with Crippen LogP contribution in [0.15, 0.2) is 79.1 Å². The zero-order chi connectivity index (χ0) is 25.9. The predicted molar refractivity (Wildman–Crippen MR) is 137 cm³/mol. The van der Waals surface area contributed by atoms with Crippen LogP contribution in [0.5, 0.6) is 11.6 Å². The van der Waals surface area contributed by atoms with Crippen molar-refractivity contribution in [3.8, 4) is 22.8 Å². The summed E-state index contributed by atoms with van der Waals surface area (Å²) in [6, 6.07) is 20.9. The summed E-state index contributed by atoms with van der Waals surface area (Å²) in [6.45, 7) is 2.15. The van der Waals surface area contributed by atoms with Gasteiger partial charge in [-0.3, -0.25) is 4.79 Å². The highest BCUT2D eigenvalue weighted by Crippen LogP contribution is 2.31. The molecule has 0 radical (unpaired) electrons. The van der Waals surface area contributed by atoms with E-state index in [0.717, 1.165) is 33.8 Å². The molecular weight excluding hydrogens is 473 g/mol. The molecule has 37 heavy (non-hydrogen) atoms. The number of halogens is 1. The van der Waals surface area contributed by atoms with Gasteiger partial charge in [0, 0.05) is 23.9 Å². The molecule has 3 heterocycles. The number of hydrogen-bond acceptors (Lipinski definition) is 6. The van der Waals surface area contributed by atoms with Crippen LogP contribution in [0, 0.1) is 5.82 Å². The van der Waals surface area contributed by atoms with E-state index in [2.05, 4.69) is 39.7 Å². The molecule has 0 unspecified atom stereocenters. The number of methoxy groups -OCH3 is 1. The summed E-state index contributed by atoms with van der Waals surface area (Å²) < 4.78 is 27.3. The molecule has 2 aromatic carbocycles. The van der Waals surface area contributed by atoms with Crippen molar-refractivity contribution in [1.29, 1.82) is 0 Å². The van der Waals surface area contributed by atoms with Crippen molar-refractivity contribution >= 4 is 16.9 Å². The SMILES string of the molecule is COc1ccc(-c2ccc3nc(COc4cnc(C(N)=O)c(F)c4)n([C@@H](C)c4ccccc4)c3c2)cn1. The zero-order valence-corrected chi connectivity index (χ0v) is 20.3. The number of imidazole rings is 1. The van der Waals surface area contributed by atoms with Crippen LogP contribution in [0.3, 0.4) is 0 Å². The second-order valence-corrected chi connectivity index (χ2v) is 8.43. The smallest absolute Gasteiger partial charge is 0.270 e. The maximum absolute atomic E-state index is 14.2. The van der Waals surface area contributed by atoms with Crippen molar-refractivity contribution in [1.82, 2.24) is 19.5 Å². The fourth-order valence-electron chi connectivity index (χ4n) is 4.24. The molecule has 1 atom stereocenters. The monoisotopic (exact) mass is 497 g/mol. The van der Waals surface area contributed by atoms with E-state index in [1.807, 2.05) is 42.5 Å². The van der Waals surface area contributed by atoms with Crippen LogP contribution in [0.25, 0.3) is 22.2 Å². The molecule has 5 rings (SSSR count). The molecule has 0 aliphatic rings. The van der Waals surface area contributed by atoms with E-state index in [9.17, 15) is 9.18 Å². The van der Waals surface area contributed by atoms with E-state index in [0.29, 0.717) is 11.7 Å². The number of amides is 1. The molecule has 1 amide bonds. The molecule has 0 fully saturated rings. The molecule has 0 spiro atoms. The van der Waals surface area contributed by atoms with Crippen LogP contribution in [0.4, 0.5) is 4.39 Å². The molecule has 3 aromatic heterocycles. The van der Waals surface area contributed by atoms with Crippen LogP contribution in [-0.4, -0.2) is 32.5 Å². The highest BCUT2D eigenvalue weighted by Gasteiger charge is 2.19. The van der Waals surface area contributed by atoms with Crippen LogP contribution in [0.1, 0.15) is 34.8 Å². The third-order valence-corrected chi connectivity index (χ3v) is 6.13. The molecule has 5 aromatic rings. The molecule has 0 saturated carbocycles. The maximum atomic E-state index is 14.2. The number of ether oxygens (including phenoxy) is 2. The second-order valence-electron chi connectivity index (χ2n) is 8.43. The Labute approximate surface area is 212 Å². The average molecular weight is 498 g/mol. The van der Waals surface area contributed by atoms with Gasteiger partial charge in [0.15, 0.2) is 11.5 Å². The fourth-order valence-corrected chi connectivity index (χ4v) is 4.24. The van der Waals surface area contributed by atoms with Gasteiger partial charge in [0.2, 0.25) is 5.88 Å². The van der Waals surface area contributed by atoms with Crippen molar-refractivity contribution in [3.05, 3.63) is 102 Å². The topological polar surface area (TPSA) is 105 Å². The summed E-state index contributed by atoms with van der Waals surface area (Å²) in [6.07, 6.45) is 3.04. The summed E-state index contributed by atoms with van der Waals surface area (Å²) in [7, 11) is 1.58. The highest BCUT2D eigenvalue weighted by molar-refractivity contribution is 5.91. The van der Waals surface area contributed by atoms with Crippen LogP contribution >= 0.6 is 0 Å². The standard InChI is InChI=1S/C28H24FN5O3/c1-17(18-6-4-3-5-7-18)34-24-12-19(20-9-11-26(36-2)31-14-20)8-10-23(24)33-25(34)16-37-21-13-22(29)27(28(30)35)32-15-21/h3-15,17H,16H2,1-2H3,(H2,30,35)/t17-/m0/s1. The number of rotatable bonds is 8. The van der Waals surface area contributed by atoms with E-state index in [-0.39, 0.29) is 18.4 Å². The third-order valence-electron chi connectivity index (χ3n) is 6.13. The van der Waals surface area contributed by atoms with Gasteiger partial charge in [0.25, 0.3) is 5.91 Å². The number of primary amides is 1. The van der Waals surface area contributed by atoms with Gasteiger partial charge < -0.3 is 19.8 Å². The largest absolute Gasteiger partial charge is 0.484 e. The van der Waals surface area contributed by atoms with Gasteiger partial charge in [0.1, 0.15) is 18.2 Å². The van der Waals surface area contributed by atoms with E-state index < -0.39 is 17.4 Å². The van der Waals surface area contributed by atoms with Gasteiger partial charge in [-0.05, 0) is 36.2 Å².